The first-order chi connectivity index (χ1) is 13.3. The lowest BCUT2D eigenvalue weighted by molar-refractivity contribution is 0.100. The van der Waals surface area contributed by atoms with E-state index in [1.165, 1.54) is 25.7 Å². The van der Waals surface area contributed by atoms with E-state index < -0.39 is 0 Å². The molecule has 0 radical (unpaired) electrons. The average molecular weight is 380 g/mol. The van der Waals surface area contributed by atoms with Crippen molar-refractivity contribution in [3.63, 3.8) is 0 Å². The third kappa shape index (κ3) is 3.73. The SMILES string of the molecule is CC[C@H]1CCCCN1Cn1nc(-c2cccnc2)n(-c2ccccc2)c1=S. The molecule has 1 atom stereocenters. The van der Waals surface area contributed by atoms with Gasteiger partial charge in [-0.05, 0) is 55.7 Å². The van der Waals surface area contributed by atoms with Crippen molar-refractivity contribution in [2.75, 3.05) is 6.54 Å². The first-order valence-electron chi connectivity index (χ1n) is 9.67. The van der Waals surface area contributed by atoms with Crippen LogP contribution in [0.25, 0.3) is 17.1 Å². The Morgan fingerprint density at radius 3 is 2.70 bits per heavy atom. The molecule has 1 aromatic carbocycles. The van der Waals surface area contributed by atoms with Gasteiger partial charge in [0.1, 0.15) is 0 Å². The Kier molecular flexibility index (Phi) is 5.45. The molecule has 0 amide bonds. The topological polar surface area (TPSA) is 38.9 Å². The van der Waals surface area contributed by atoms with Crippen LogP contribution in [-0.2, 0) is 6.67 Å². The molecule has 0 N–H and O–H groups in total. The number of para-hydroxylation sites is 1. The van der Waals surface area contributed by atoms with Crippen LogP contribution in [0, 0.1) is 4.77 Å². The van der Waals surface area contributed by atoms with Gasteiger partial charge in [-0.25, -0.2) is 4.68 Å². The standard InChI is InChI=1S/C21H25N5S/c1-2-18-10-6-7-14-24(18)16-25-21(27)26(19-11-4-3-5-12-19)20(23-25)17-9-8-13-22-15-17/h3-5,8-9,11-13,15,18H,2,6-7,10,14,16H2,1H3/t18-/m0/s1. The number of hydrogen-bond donors (Lipinski definition) is 0. The normalized spacial score (nSPS) is 17.9. The highest BCUT2D eigenvalue weighted by Crippen LogP contribution is 2.24. The maximum atomic E-state index is 5.85. The van der Waals surface area contributed by atoms with E-state index in [-0.39, 0.29) is 0 Å². The molecular weight excluding hydrogens is 354 g/mol. The van der Waals surface area contributed by atoms with Crippen LogP contribution in [0.2, 0.25) is 0 Å². The number of aromatic nitrogens is 4. The minimum absolute atomic E-state index is 0.615. The molecule has 3 heterocycles. The summed E-state index contributed by atoms with van der Waals surface area (Å²) in [6.07, 6.45) is 8.62. The molecule has 140 valence electrons. The highest BCUT2D eigenvalue weighted by molar-refractivity contribution is 7.71. The average Bonchev–Trinajstić information content (AvgIpc) is 3.06. The van der Waals surface area contributed by atoms with Crippen LogP contribution in [0.3, 0.4) is 0 Å². The van der Waals surface area contributed by atoms with Gasteiger partial charge in [-0.15, -0.1) is 5.10 Å². The van der Waals surface area contributed by atoms with E-state index >= 15 is 0 Å². The zero-order valence-corrected chi connectivity index (χ0v) is 16.5. The van der Waals surface area contributed by atoms with Crippen molar-refractivity contribution < 1.29 is 0 Å². The smallest absolute Gasteiger partial charge is 0.204 e. The molecule has 1 aliphatic heterocycles. The summed E-state index contributed by atoms with van der Waals surface area (Å²) in [6.45, 7) is 4.12. The highest BCUT2D eigenvalue weighted by atomic mass is 32.1. The van der Waals surface area contributed by atoms with Crippen molar-refractivity contribution in [3.8, 4) is 17.1 Å². The number of hydrogen-bond acceptors (Lipinski definition) is 4. The van der Waals surface area contributed by atoms with Crippen molar-refractivity contribution in [3.05, 3.63) is 59.6 Å². The van der Waals surface area contributed by atoms with Crippen molar-refractivity contribution >= 4 is 12.2 Å². The van der Waals surface area contributed by atoms with Crippen LogP contribution in [0.15, 0.2) is 54.9 Å². The van der Waals surface area contributed by atoms with Crippen LogP contribution in [-0.4, -0.2) is 36.8 Å². The Hall–Kier alpha value is -2.31. The summed E-state index contributed by atoms with van der Waals surface area (Å²) >= 11 is 5.85. The van der Waals surface area contributed by atoms with E-state index in [1.807, 2.05) is 41.2 Å². The van der Waals surface area contributed by atoms with Crippen LogP contribution in [0.4, 0.5) is 0 Å². The summed E-state index contributed by atoms with van der Waals surface area (Å²) in [6, 6.07) is 14.8. The van der Waals surface area contributed by atoms with Gasteiger partial charge in [-0.3, -0.25) is 14.5 Å². The van der Waals surface area contributed by atoms with E-state index in [0.29, 0.717) is 6.04 Å². The molecule has 5 nitrogen and oxygen atoms in total. The van der Waals surface area contributed by atoms with E-state index in [2.05, 4.69) is 33.5 Å². The first kappa shape index (κ1) is 18.1. The zero-order chi connectivity index (χ0) is 18.6. The molecule has 3 aromatic rings. The number of benzene rings is 1. The largest absolute Gasteiger partial charge is 0.281 e. The van der Waals surface area contributed by atoms with E-state index in [4.69, 9.17) is 17.3 Å². The Morgan fingerprint density at radius 2 is 1.96 bits per heavy atom. The predicted octanol–water partition coefficient (Wildman–Crippen LogP) is 4.69. The summed E-state index contributed by atoms with van der Waals surface area (Å²) in [4.78, 5) is 6.79. The molecule has 0 saturated carbocycles. The van der Waals surface area contributed by atoms with Crippen molar-refractivity contribution in [1.29, 1.82) is 0 Å². The lowest BCUT2D eigenvalue weighted by Gasteiger charge is -2.34. The van der Waals surface area contributed by atoms with E-state index in [1.54, 1.807) is 6.20 Å². The summed E-state index contributed by atoms with van der Waals surface area (Å²) in [5, 5.41) is 4.91. The summed E-state index contributed by atoms with van der Waals surface area (Å²) < 4.78 is 4.75. The van der Waals surface area contributed by atoms with Gasteiger partial charge in [0.25, 0.3) is 0 Å². The lowest BCUT2D eigenvalue weighted by atomic mass is 10.0. The molecule has 0 bridgehead atoms. The zero-order valence-electron chi connectivity index (χ0n) is 15.7. The molecule has 6 heteroatoms. The van der Waals surface area contributed by atoms with Crippen LogP contribution in [0.5, 0.6) is 0 Å². The second kappa shape index (κ2) is 8.15. The summed E-state index contributed by atoms with van der Waals surface area (Å²) in [5.74, 6) is 0.837. The Balaban J connectivity index is 1.77. The van der Waals surface area contributed by atoms with Gasteiger partial charge in [-0.2, -0.15) is 0 Å². The molecule has 27 heavy (non-hydrogen) atoms. The molecule has 1 saturated heterocycles. The lowest BCUT2D eigenvalue weighted by Crippen LogP contribution is -2.40. The Labute approximate surface area is 165 Å². The molecule has 0 spiro atoms. The van der Waals surface area contributed by atoms with Gasteiger partial charge in [0.15, 0.2) is 5.82 Å². The summed E-state index contributed by atoms with van der Waals surface area (Å²) in [7, 11) is 0. The highest BCUT2D eigenvalue weighted by Gasteiger charge is 2.23. The predicted molar refractivity (Wildman–Crippen MR) is 110 cm³/mol. The minimum atomic E-state index is 0.615. The molecule has 0 unspecified atom stereocenters. The quantitative estimate of drug-likeness (QED) is 0.603. The molecule has 1 aliphatic rings. The fourth-order valence-corrected chi connectivity index (χ4v) is 4.16. The van der Waals surface area contributed by atoms with Crippen molar-refractivity contribution in [2.45, 2.75) is 45.3 Å². The Bertz CT molecular complexity index is 932. The molecular formula is C21H25N5S. The van der Waals surface area contributed by atoms with E-state index in [0.717, 1.165) is 35.1 Å². The number of piperidine rings is 1. The van der Waals surface area contributed by atoms with Gasteiger partial charge in [-0.1, -0.05) is 31.5 Å². The first-order valence-corrected chi connectivity index (χ1v) is 10.1. The molecule has 4 rings (SSSR count). The Morgan fingerprint density at radius 1 is 1.11 bits per heavy atom. The number of nitrogens with zero attached hydrogens (tertiary/aromatic N) is 5. The van der Waals surface area contributed by atoms with Crippen molar-refractivity contribution in [2.24, 2.45) is 0 Å². The van der Waals surface area contributed by atoms with Crippen molar-refractivity contribution in [1.82, 2.24) is 24.2 Å². The fourth-order valence-electron chi connectivity index (χ4n) is 3.87. The number of pyridine rings is 1. The number of likely N-dealkylation sites (tertiary alicyclic amines) is 1. The van der Waals surface area contributed by atoms with E-state index in [9.17, 15) is 0 Å². The third-order valence-electron chi connectivity index (χ3n) is 5.31. The van der Waals surface area contributed by atoms with Gasteiger partial charge < -0.3 is 0 Å². The van der Waals surface area contributed by atoms with Gasteiger partial charge in [0, 0.05) is 36.2 Å². The van der Waals surface area contributed by atoms with Gasteiger partial charge >= 0.3 is 0 Å². The third-order valence-corrected chi connectivity index (χ3v) is 5.70. The van der Waals surface area contributed by atoms with Crippen LogP contribution < -0.4 is 0 Å². The maximum Gasteiger partial charge on any atom is 0.204 e. The second-order valence-electron chi connectivity index (χ2n) is 7.03. The van der Waals surface area contributed by atoms with Gasteiger partial charge in [0.05, 0.1) is 6.67 Å². The van der Waals surface area contributed by atoms with Crippen LogP contribution >= 0.6 is 12.2 Å². The second-order valence-corrected chi connectivity index (χ2v) is 7.40. The molecule has 0 aliphatic carbocycles. The monoisotopic (exact) mass is 379 g/mol. The molecule has 2 aromatic heterocycles. The fraction of sp³-hybridized carbons (Fsp3) is 0.381. The maximum absolute atomic E-state index is 5.85. The van der Waals surface area contributed by atoms with Gasteiger partial charge in [0.2, 0.25) is 4.77 Å². The van der Waals surface area contributed by atoms with Crippen LogP contribution in [0.1, 0.15) is 32.6 Å². The minimum Gasteiger partial charge on any atom is -0.281 e. The molecule has 1 fully saturated rings. The number of rotatable bonds is 5. The summed E-state index contributed by atoms with van der Waals surface area (Å²) in [5.41, 5.74) is 2.00.